The molecule has 0 aliphatic rings. The van der Waals surface area contributed by atoms with E-state index in [2.05, 4.69) is 4.98 Å². The lowest BCUT2D eigenvalue weighted by Gasteiger charge is -2.14. The summed E-state index contributed by atoms with van der Waals surface area (Å²) in [5, 5.41) is 0. The van der Waals surface area contributed by atoms with Crippen molar-refractivity contribution < 1.29 is 13.2 Å². The van der Waals surface area contributed by atoms with Gasteiger partial charge in [-0.1, -0.05) is 6.07 Å². The van der Waals surface area contributed by atoms with Crippen LogP contribution in [0, 0.1) is 6.92 Å². The molecule has 0 spiro atoms. The Hall–Kier alpha value is -1.10. The zero-order chi connectivity index (χ0) is 11.5. The van der Waals surface area contributed by atoms with E-state index >= 15 is 0 Å². The van der Waals surface area contributed by atoms with Crippen LogP contribution in [0.3, 0.4) is 0 Å². The number of rotatable bonds is 3. The van der Waals surface area contributed by atoms with Crippen molar-refractivity contribution in [1.82, 2.24) is 4.98 Å². The van der Waals surface area contributed by atoms with Crippen LogP contribution in [0.4, 0.5) is 13.2 Å². The van der Waals surface area contributed by atoms with E-state index in [0.717, 1.165) is 5.56 Å². The summed E-state index contributed by atoms with van der Waals surface area (Å²) in [5.74, 6) is 0. The summed E-state index contributed by atoms with van der Waals surface area (Å²) in [4.78, 5) is 3.99. The average Bonchev–Trinajstić information content (AvgIpc) is 2.14. The number of hydrogen-bond acceptors (Lipinski definition) is 2. The van der Waals surface area contributed by atoms with Crippen LogP contribution in [0.1, 0.15) is 30.1 Å². The van der Waals surface area contributed by atoms with Gasteiger partial charge in [0.05, 0.1) is 5.69 Å². The molecule has 1 aromatic rings. The first-order valence-corrected chi connectivity index (χ1v) is 4.64. The van der Waals surface area contributed by atoms with E-state index in [9.17, 15) is 13.2 Å². The van der Waals surface area contributed by atoms with Crippen molar-refractivity contribution in [3.8, 4) is 0 Å². The van der Waals surface area contributed by atoms with E-state index < -0.39 is 18.6 Å². The van der Waals surface area contributed by atoms with E-state index in [4.69, 9.17) is 5.73 Å². The van der Waals surface area contributed by atoms with E-state index in [1.54, 1.807) is 19.1 Å². The van der Waals surface area contributed by atoms with E-state index in [1.807, 2.05) is 0 Å². The zero-order valence-corrected chi connectivity index (χ0v) is 8.38. The Morgan fingerprint density at radius 1 is 1.47 bits per heavy atom. The molecule has 1 unspecified atom stereocenters. The zero-order valence-electron chi connectivity index (χ0n) is 8.38. The Balaban J connectivity index is 2.62. The quantitative estimate of drug-likeness (QED) is 0.847. The van der Waals surface area contributed by atoms with Gasteiger partial charge in [0.2, 0.25) is 0 Å². The molecule has 2 nitrogen and oxygen atoms in total. The van der Waals surface area contributed by atoms with Gasteiger partial charge in [0.25, 0.3) is 0 Å². The highest BCUT2D eigenvalue weighted by Crippen LogP contribution is 2.26. The minimum atomic E-state index is -4.15. The van der Waals surface area contributed by atoms with Crippen LogP contribution >= 0.6 is 0 Å². The number of hydrogen-bond donors (Lipinski definition) is 1. The monoisotopic (exact) mass is 218 g/mol. The maximum atomic E-state index is 12.0. The molecular formula is C10H13F3N2. The molecule has 1 atom stereocenters. The Morgan fingerprint density at radius 3 is 2.67 bits per heavy atom. The second kappa shape index (κ2) is 4.61. The van der Waals surface area contributed by atoms with Gasteiger partial charge in [-0.15, -0.1) is 0 Å². The number of aryl methyl sites for hydroxylation is 1. The first-order chi connectivity index (χ1) is 6.90. The molecular weight excluding hydrogens is 205 g/mol. The first-order valence-electron chi connectivity index (χ1n) is 4.64. The number of aromatic nitrogens is 1. The number of pyridine rings is 1. The Labute approximate surface area is 86.3 Å². The van der Waals surface area contributed by atoms with Gasteiger partial charge in [-0.05, 0) is 25.0 Å². The highest BCUT2D eigenvalue weighted by molar-refractivity contribution is 5.20. The summed E-state index contributed by atoms with van der Waals surface area (Å²) in [6.07, 6.45) is -3.61. The second-order valence-electron chi connectivity index (χ2n) is 3.47. The SMILES string of the molecule is Cc1cccnc1C(N)CCC(F)(F)F. The van der Waals surface area contributed by atoms with Crippen molar-refractivity contribution in [2.45, 2.75) is 32.0 Å². The predicted molar refractivity (Wildman–Crippen MR) is 51.2 cm³/mol. The lowest BCUT2D eigenvalue weighted by molar-refractivity contribution is -0.136. The minimum Gasteiger partial charge on any atom is -0.323 e. The van der Waals surface area contributed by atoms with Gasteiger partial charge in [0.15, 0.2) is 0 Å². The summed E-state index contributed by atoms with van der Waals surface area (Å²) in [6, 6.07) is 2.87. The van der Waals surface area contributed by atoms with Gasteiger partial charge in [-0.2, -0.15) is 13.2 Å². The summed E-state index contributed by atoms with van der Waals surface area (Å²) in [7, 11) is 0. The average molecular weight is 218 g/mol. The molecule has 5 heteroatoms. The van der Waals surface area contributed by atoms with Crippen LogP contribution in [-0.2, 0) is 0 Å². The van der Waals surface area contributed by atoms with Crippen LogP contribution in [0.15, 0.2) is 18.3 Å². The molecule has 84 valence electrons. The second-order valence-corrected chi connectivity index (χ2v) is 3.47. The lowest BCUT2D eigenvalue weighted by Crippen LogP contribution is -2.17. The molecule has 1 aromatic heterocycles. The molecule has 0 saturated carbocycles. The van der Waals surface area contributed by atoms with Crippen LogP contribution in [-0.4, -0.2) is 11.2 Å². The first kappa shape index (κ1) is 12.0. The topological polar surface area (TPSA) is 38.9 Å². The maximum Gasteiger partial charge on any atom is 0.389 e. The largest absolute Gasteiger partial charge is 0.389 e. The Kier molecular flexibility index (Phi) is 3.68. The molecule has 0 aromatic carbocycles. The Bertz CT molecular complexity index is 323. The fourth-order valence-corrected chi connectivity index (χ4v) is 1.34. The van der Waals surface area contributed by atoms with Crippen molar-refractivity contribution in [2.24, 2.45) is 5.73 Å². The third kappa shape index (κ3) is 3.87. The molecule has 0 fully saturated rings. The van der Waals surface area contributed by atoms with Crippen LogP contribution in [0.25, 0.3) is 0 Å². The van der Waals surface area contributed by atoms with Gasteiger partial charge >= 0.3 is 6.18 Å². The summed E-state index contributed by atoms with van der Waals surface area (Å²) in [6.45, 7) is 1.79. The molecule has 0 amide bonds. The number of nitrogens with two attached hydrogens (primary N) is 1. The molecule has 1 rings (SSSR count). The van der Waals surface area contributed by atoms with Crippen molar-refractivity contribution >= 4 is 0 Å². The van der Waals surface area contributed by atoms with Gasteiger partial charge in [-0.25, -0.2) is 0 Å². The normalized spacial score (nSPS) is 13.9. The van der Waals surface area contributed by atoms with Crippen molar-refractivity contribution in [3.05, 3.63) is 29.6 Å². The van der Waals surface area contributed by atoms with Crippen LogP contribution in [0.2, 0.25) is 0 Å². The van der Waals surface area contributed by atoms with Gasteiger partial charge in [0.1, 0.15) is 0 Å². The minimum absolute atomic E-state index is 0.124. The van der Waals surface area contributed by atoms with Gasteiger partial charge in [-0.3, -0.25) is 4.98 Å². The third-order valence-corrected chi connectivity index (χ3v) is 2.14. The van der Waals surface area contributed by atoms with Crippen LogP contribution in [0.5, 0.6) is 0 Å². The molecule has 0 bridgehead atoms. The van der Waals surface area contributed by atoms with Crippen molar-refractivity contribution in [1.29, 1.82) is 0 Å². The molecule has 1 heterocycles. The van der Waals surface area contributed by atoms with E-state index in [1.165, 1.54) is 6.20 Å². The number of nitrogens with zero attached hydrogens (tertiary/aromatic N) is 1. The van der Waals surface area contributed by atoms with Crippen molar-refractivity contribution in [3.63, 3.8) is 0 Å². The lowest BCUT2D eigenvalue weighted by atomic mass is 10.0. The summed E-state index contributed by atoms with van der Waals surface area (Å²) < 4.78 is 35.9. The van der Waals surface area contributed by atoms with Gasteiger partial charge in [0, 0.05) is 18.7 Å². The smallest absolute Gasteiger partial charge is 0.323 e. The molecule has 0 saturated heterocycles. The standard InChI is InChI=1S/C10H13F3N2/c1-7-3-2-6-15-9(7)8(14)4-5-10(11,12)13/h2-3,6,8H,4-5,14H2,1H3. The summed E-state index contributed by atoms with van der Waals surface area (Å²) in [5.41, 5.74) is 7.01. The molecule has 0 aliphatic heterocycles. The maximum absolute atomic E-state index is 12.0. The molecule has 0 radical (unpaired) electrons. The Morgan fingerprint density at radius 2 is 2.13 bits per heavy atom. The molecule has 0 aliphatic carbocycles. The van der Waals surface area contributed by atoms with E-state index in [0.29, 0.717) is 5.69 Å². The van der Waals surface area contributed by atoms with Crippen molar-refractivity contribution in [2.75, 3.05) is 0 Å². The highest BCUT2D eigenvalue weighted by atomic mass is 19.4. The fourth-order valence-electron chi connectivity index (χ4n) is 1.34. The predicted octanol–water partition coefficient (Wildman–Crippen LogP) is 2.73. The van der Waals surface area contributed by atoms with Crippen LogP contribution < -0.4 is 5.73 Å². The summed E-state index contributed by atoms with van der Waals surface area (Å²) >= 11 is 0. The fraction of sp³-hybridized carbons (Fsp3) is 0.500. The number of halogens is 3. The molecule has 2 N–H and O–H groups in total. The molecule has 15 heavy (non-hydrogen) atoms. The van der Waals surface area contributed by atoms with E-state index in [-0.39, 0.29) is 6.42 Å². The third-order valence-electron chi connectivity index (χ3n) is 2.14. The number of alkyl halides is 3. The van der Waals surface area contributed by atoms with Gasteiger partial charge < -0.3 is 5.73 Å². The highest BCUT2D eigenvalue weighted by Gasteiger charge is 2.28.